The van der Waals surface area contributed by atoms with Crippen molar-refractivity contribution in [2.24, 2.45) is 17.8 Å². The van der Waals surface area contributed by atoms with E-state index in [1.54, 1.807) is 0 Å². The van der Waals surface area contributed by atoms with Crippen LogP contribution in [0.3, 0.4) is 0 Å². The van der Waals surface area contributed by atoms with E-state index in [4.69, 9.17) is 28.9 Å². The third-order valence-electron chi connectivity index (χ3n) is 15.1. The normalized spacial score (nSPS) is 25.1. The van der Waals surface area contributed by atoms with Crippen molar-refractivity contribution >= 4 is 24.0 Å². The first kappa shape index (κ1) is 43.2. The van der Waals surface area contributed by atoms with Crippen molar-refractivity contribution in [2.75, 3.05) is 40.6 Å². The van der Waals surface area contributed by atoms with E-state index in [1.165, 1.54) is 30.9 Å². The molecule has 1 unspecified atom stereocenters. The number of nitrogens with one attached hydrogen (secondary N) is 4. The summed E-state index contributed by atoms with van der Waals surface area (Å²) in [5.74, 6) is 1.72. The molecule has 4 aromatic rings. The van der Waals surface area contributed by atoms with Gasteiger partial charge in [0.2, 0.25) is 11.8 Å². The highest BCUT2D eigenvalue weighted by Crippen LogP contribution is 2.53. The standard InChI is InChI=1S/C49H60N8O8/c1-27-7-14-39(56(27)46(58)42(54-48(60)62-2)30-15-19-64-20-16-30)44-51-26-38(53-44)36-13-12-33(34-5-4-6-35(34)36)28-8-10-29(11-9-28)37-25-50-45(52-37)41-24-32-23-40(32)57(41)47(59)43(55-49(61)63-3)31-17-21-65-22-18-31/h8-13,25-27,30-32,39-43H,4-7,14-24H2,1-3H3,(H,50,52)(H,51,53)(H,54,60)(H,55,61)/t27?,32-,39+,40-,41+,42+,43+/m1/s1. The van der Waals surface area contributed by atoms with Crippen molar-refractivity contribution in [2.45, 2.75) is 114 Å². The summed E-state index contributed by atoms with van der Waals surface area (Å²) < 4.78 is 21.0. The second-order valence-electron chi connectivity index (χ2n) is 18.8. The third kappa shape index (κ3) is 8.39. The summed E-state index contributed by atoms with van der Waals surface area (Å²) in [6.45, 7) is 4.32. The molecule has 16 nitrogen and oxygen atoms in total. The predicted octanol–water partition coefficient (Wildman–Crippen LogP) is 6.64. The number of benzene rings is 2. The quantitative estimate of drug-likeness (QED) is 0.127. The van der Waals surface area contributed by atoms with Gasteiger partial charge in [-0.15, -0.1) is 0 Å². The zero-order valence-corrected chi connectivity index (χ0v) is 37.5. The maximum absolute atomic E-state index is 14.3. The summed E-state index contributed by atoms with van der Waals surface area (Å²) >= 11 is 0. The summed E-state index contributed by atoms with van der Waals surface area (Å²) in [6, 6.07) is 11.4. The number of carbonyl (C=O) groups is 4. The molecule has 7 atom stereocenters. The Morgan fingerprint density at radius 2 is 1.20 bits per heavy atom. The van der Waals surface area contributed by atoms with E-state index in [0.717, 1.165) is 84.7 Å². The van der Waals surface area contributed by atoms with Crippen LogP contribution >= 0.6 is 0 Å². The predicted molar refractivity (Wildman–Crippen MR) is 239 cm³/mol. The largest absolute Gasteiger partial charge is 0.453 e. The number of hydrogen-bond donors (Lipinski definition) is 4. The Morgan fingerprint density at radius 1 is 0.662 bits per heavy atom. The van der Waals surface area contributed by atoms with E-state index < -0.39 is 24.3 Å². The minimum Gasteiger partial charge on any atom is -0.453 e. The lowest BCUT2D eigenvalue weighted by molar-refractivity contribution is -0.139. The highest BCUT2D eigenvalue weighted by Gasteiger charge is 2.56. The van der Waals surface area contributed by atoms with Crippen molar-refractivity contribution in [3.63, 3.8) is 0 Å². The van der Waals surface area contributed by atoms with Crippen LogP contribution in [0.2, 0.25) is 0 Å². The van der Waals surface area contributed by atoms with Gasteiger partial charge >= 0.3 is 12.2 Å². The van der Waals surface area contributed by atoms with Crippen molar-refractivity contribution in [3.05, 3.63) is 71.6 Å². The number of likely N-dealkylation sites (tertiary alicyclic amines) is 2. The molecule has 4 aliphatic heterocycles. The molecule has 0 bridgehead atoms. The van der Waals surface area contributed by atoms with Crippen LogP contribution in [0.15, 0.2) is 48.8 Å². The summed E-state index contributed by atoms with van der Waals surface area (Å²) in [4.78, 5) is 74.3. The fraction of sp³-hybridized carbons (Fsp3) is 0.551. The second-order valence-corrected chi connectivity index (χ2v) is 18.8. The van der Waals surface area contributed by atoms with Crippen LogP contribution < -0.4 is 10.6 Å². The van der Waals surface area contributed by atoms with Gasteiger partial charge in [0, 0.05) is 44.1 Å². The number of amides is 4. The molecule has 10 rings (SSSR count). The third-order valence-corrected chi connectivity index (χ3v) is 15.1. The number of carbonyl (C=O) groups excluding carboxylic acids is 4. The number of alkyl carbamates (subject to hydrolysis) is 2. The lowest BCUT2D eigenvalue weighted by Gasteiger charge is -2.36. The molecule has 2 aliphatic carbocycles. The molecule has 0 spiro atoms. The van der Waals surface area contributed by atoms with Gasteiger partial charge in [0.05, 0.1) is 50.1 Å². The summed E-state index contributed by atoms with van der Waals surface area (Å²) in [5, 5.41) is 5.73. The smallest absolute Gasteiger partial charge is 0.407 e. The molecule has 2 aromatic carbocycles. The summed E-state index contributed by atoms with van der Waals surface area (Å²) in [5.41, 5.74) is 9.00. The lowest BCUT2D eigenvalue weighted by Crippen LogP contribution is -2.54. The second kappa shape index (κ2) is 18.3. The average molecular weight is 889 g/mol. The molecule has 344 valence electrons. The molecule has 4 N–H and O–H groups in total. The van der Waals surface area contributed by atoms with Crippen LogP contribution in [0.25, 0.3) is 33.6 Å². The van der Waals surface area contributed by atoms with Crippen molar-refractivity contribution < 1.29 is 38.1 Å². The van der Waals surface area contributed by atoms with E-state index in [1.807, 2.05) is 22.2 Å². The number of H-pyrrole nitrogens is 2. The molecule has 65 heavy (non-hydrogen) atoms. The number of rotatable bonds is 11. The van der Waals surface area contributed by atoms with Crippen molar-refractivity contribution in [3.8, 4) is 33.6 Å². The van der Waals surface area contributed by atoms with Gasteiger partial charge in [-0.1, -0.05) is 36.4 Å². The Bertz CT molecular complexity index is 2400. The lowest BCUT2D eigenvalue weighted by atomic mass is 9.90. The fourth-order valence-corrected chi connectivity index (χ4v) is 11.5. The van der Waals surface area contributed by atoms with E-state index in [-0.39, 0.29) is 47.8 Å². The molecule has 1 saturated carbocycles. The van der Waals surface area contributed by atoms with Gasteiger partial charge in [-0.05, 0) is 123 Å². The summed E-state index contributed by atoms with van der Waals surface area (Å²) in [7, 11) is 2.65. The Labute approximate surface area is 378 Å². The number of hydrogen-bond acceptors (Lipinski definition) is 10. The molecule has 6 heterocycles. The van der Waals surface area contributed by atoms with Gasteiger partial charge in [-0.3, -0.25) is 9.59 Å². The fourth-order valence-electron chi connectivity index (χ4n) is 11.5. The Morgan fingerprint density at radius 3 is 1.83 bits per heavy atom. The molecule has 4 amide bonds. The van der Waals surface area contributed by atoms with Crippen molar-refractivity contribution in [1.29, 1.82) is 0 Å². The van der Waals surface area contributed by atoms with Gasteiger partial charge in [0.25, 0.3) is 0 Å². The molecule has 6 aliphatic rings. The number of aromatic nitrogens is 4. The zero-order chi connectivity index (χ0) is 44.8. The topological polar surface area (TPSA) is 193 Å². The zero-order valence-electron chi connectivity index (χ0n) is 37.5. The van der Waals surface area contributed by atoms with E-state index in [2.05, 4.69) is 63.9 Å². The van der Waals surface area contributed by atoms with Gasteiger partial charge in [-0.2, -0.15) is 0 Å². The highest BCUT2D eigenvalue weighted by atomic mass is 16.5. The minimum atomic E-state index is -0.698. The monoisotopic (exact) mass is 888 g/mol. The van der Waals surface area contributed by atoms with E-state index in [9.17, 15) is 19.2 Å². The molecule has 5 fully saturated rings. The van der Waals surface area contributed by atoms with Crippen LogP contribution in [0.5, 0.6) is 0 Å². The first-order valence-electron chi connectivity index (χ1n) is 23.5. The van der Waals surface area contributed by atoms with Crippen LogP contribution in [0, 0.1) is 17.8 Å². The number of fused-ring (bicyclic) bond motifs is 2. The van der Waals surface area contributed by atoms with E-state index in [0.29, 0.717) is 58.0 Å². The number of ether oxygens (including phenoxy) is 4. The number of piperidine rings is 1. The summed E-state index contributed by atoms with van der Waals surface area (Å²) in [6.07, 6.45) is 11.8. The number of aromatic amines is 2. The number of methoxy groups -OCH3 is 2. The number of imidazole rings is 2. The van der Waals surface area contributed by atoms with Gasteiger partial charge in [-0.25, -0.2) is 19.6 Å². The molecule has 16 heteroatoms. The first-order chi connectivity index (χ1) is 31.7. The van der Waals surface area contributed by atoms with Gasteiger partial charge in [0.1, 0.15) is 23.7 Å². The molecular weight excluding hydrogens is 829 g/mol. The Kier molecular flexibility index (Phi) is 12.1. The SMILES string of the molecule is COC(=O)N[C@H](C(=O)N1C(C)CC[C@H]1c1ncc(-c2ccc(-c3ccc(-c4cnc([C@@H]5C[C@H]6C[C@H]6N5C(=O)[C@@H](NC(=O)OC)C5CCOCC5)[nH]4)cc3)c3c2CCC3)[nH]1)C1CCOCC1. The van der Waals surface area contributed by atoms with Crippen LogP contribution in [-0.2, 0) is 41.4 Å². The molecule has 2 aromatic heterocycles. The van der Waals surface area contributed by atoms with Crippen LogP contribution in [0.1, 0.15) is 99.6 Å². The van der Waals surface area contributed by atoms with E-state index >= 15 is 0 Å². The molecule has 4 saturated heterocycles. The molecular formula is C49H60N8O8. The molecule has 0 radical (unpaired) electrons. The highest BCUT2D eigenvalue weighted by molar-refractivity contribution is 5.88. The number of nitrogens with zero attached hydrogens (tertiary/aromatic N) is 4. The maximum Gasteiger partial charge on any atom is 0.407 e. The average Bonchev–Trinajstić information content (AvgIpc) is 4.01. The Hall–Kier alpha value is -5.74. The maximum atomic E-state index is 14.3. The van der Waals surface area contributed by atoms with Crippen LogP contribution in [0.4, 0.5) is 9.59 Å². The minimum absolute atomic E-state index is 0.00887. The van der Waals surface area contributed by atoms with Gasteiger partial charge < -0.3 is 49.3 Å². The van der Waals surface area contributed by atoms with Gasteiger partial charge in [0.15, 0.2) is 0 Å². The van der Waals surface area contributed by atoms with Crippen LogP contribution in [-0.4, -0.2) is 119 Å². The Balaban J connectivity index is 0.850. The van der Waals surface area contributed by atoms with Crippen molar-refractivity contribution in [1.82, 2.24) is 40.4 Å². The first-order valence-corrected chi connectivity index (χ1v) is 23.5.